The Morgan fingerprint density at radius 3 is 2.85 bits per heavy atom. The quantitative estimate of drug-likeness (QED) is 0.775. The third-order valence-electron chi connectivity index (χ3n) is 1.83. The van der Waals surface area contributed by atoms with Crippen molar-refractivity contribution < 1.29 is 4.74 Å². The molecule has 0 fully saturated rings. The number of ether oxygens (including phenoxy) is 1. The summed E-state index contributed by atoms with van der Waals surface area (Å²) in [6.45, 7) is 3.49. The summed E-state index contributed by atoms with van der Waals surface area (Å²) in [5.74, 6) is 0. The van der Waals surface area contributed by atoms with E-state index in [-0.39, 0.29) is 0 Å². The van der Waals surface area contributed by atoms with Gasteiger partial charge in [-0.05, 0) is 19.9 Å². The number of aromatic nitrogens is 1. The Bertz CT molecular complexity index is 260. The van der Waals surface area contributed by atoms with Crippen molar-refractivity contribution in [2.24, 2.45) is 5.73 Å². The molecule has 0 aliphatic heterocycles. The van der Waals surface area contributed by atoms with Crippen LogP contribution in [0.25, 0.3) is 0 Å². The largest absolute Gasteiger partial charge is 0.384 e. The summed E-state index contributed by atoms with van der Waals surface area (Å²) < 4.78 is 5.00. The zero-order chi connectivity index (χ0) is 9.68. The van der Waals surface area contributed by atoms with Gasteiger partial charge in [-0.2, -0.15) is 0 Å². The van der Waals surface area contributed by atoms with Crippen LogP contribution in [0.4, 0.5) is 0 Å². The number of rotatable bonds is 5. The monoisotopic (exact) mass is 200 g/mol. The molecule has 0 aliphatic rings. The molecule has 0 atom stereocenters. The highest BCUT2D eigenvalue weighted by Gasteiger charge is 2.05. The lowest BCUT2D eigenvalue weighted by atomic mass is 10.3. The Morgan fingerprint density at radius 1 is 1.46 bits per heavy atom. The first kappa shape index (κ1) is 10.6. The van der Waals surface area contributed by atoms with E-state index in [9.17, 15) is 0 Å². The number of hydrogen-bond acceptors (Lipinski definition) is 4. The molecule has 0 aromatic carbocycles. The van der Waals surface area contributed by atoms with Gasteiger partial charge in [-0.1, -0.05) is 0 Å². The molecule has 0 saturated carbocycles. The van der Waals surface area contributed by atoms with Gasteiger partial charge in [0.05, 0.1) is 17.3 Å². The highest BCUT2D eigenvalue weighted by Crippen LogP contribution is 2.18. The van der Waals surface area contributed by atoms with Crippen LogP contribution in [0.1, 0.15) is 15.6 Å². The van der Waals surface area contributed by atoms with E-state index < -0.39 is 0 Å². The maximum Gasteiger partial charge on any atom is 0.0953 e. The van der Waals surface area contributed by atoms with Gasteiger partial charge in [-0.3, -0.25) is 0 Å². The molecule has 13 heavy (non-hydrogen) atoms. The maximum atomic E-state index is 5.49. The van der Waals surface area contributed by atoms with E-state index in [4.69, 9.17) is 10.5 Å². The Balaban J connectivity index is 2.59. The van der Waals surface area contributed by atoms with Crippen LogP contribution >= 0.6 is 11.3 Å². The second-order valence-electron chi connectivity index (χ2n) is 2.90. The van der Waals surface area contributed by atoms with Crippen LogP contribution in [0.5, 0.6) is 0 Å². The topological polar surface area (TPSA) is 48.1 Å². The second-order valence-corrected chi connectivity index (χ2v) is 4.07. The number of hydrogen-bond donors (Lipinski definition) is 1. The first-order chi connectivity index (χ1) is 6.27. The fraction of sp³-hybridized carbons (Fsp3) is 0.667. The molecule has 0 aliphatic carbocycles. The van der Waals surface area contributed by atoms with E-state index in [1.54, 1.807) is 18.4 Å². The molecule has 0 unspecified atom stereocenters. The van der Waals surface area contributed by atoms with E-state index in [0.717, 1.165) is 30.2 Å². The van der Waals surface area contributed by atoms with Gasteiger partial charge in [0.2, 0.25) is 0 Å². The molecule has 1 heterocycles. The molecular formula is C9H16N2OS. The molecule has 1 rings (SSSR count). The summed E-state index contributed by atoms with van der Waals surface area (Å²) in [7, 11) is 1.71. The van der Waals surface area contributed by atoms with Crippen LogP contribution in [-0.2, 0) is 17.6 Å². The molecule has 3 nitrogen and oxygen atoms in total. The van der Waals surface area contributed by atoms with Crippen LogP contribution in [0.15, 0.2) is 0 Å². The van der Waals surface area contributed by atoms with Crippen LogP contribution in [0, 0.1) is 6.92 Å². The molecule has 0 amide bonds. The maximum absolute atomic E-state index is 5.49. The lowest BCUT2D eigenvalue weighted by molar-refractivity contribution is 0.202. The standard InChI is InChI=1S/C9H16N2OS/c1-7-8(3-5-10)13-9(11-7)4-6-12-2/h3-6,10H2,1-2H3. The average molecular weight is 200 g/mol. The lowest BCUT2D eigenvalue weighted by Crippen LogP contribution is -2.01. The van der Waals surface area contributed by atoms with Crippen molar-refractivity contribution in [3.05, 3.63) is 15.6 Å². The molecule has 4 heteroatoms. The van der Waals surface area contributed by atoms with Gasteiger partial charge in [-0.25, -0.2) is 4.98 Å². The summed E-state index contributed by atoms with van der Waals surface area (Å²) in [5, 5.41) is 1.16. The lowest BCUT2D eigenvalue weighted by Gasteiger charge is -1.92. The molecule has 0 saturated heterocycles. The fourth-order valence-electron chi connectivity index (χ4n) is 1.15. The highest BCUT2D eigenvalue weighted by atomic mass is 32.1. The van der Waals surface area contributed by atoms with Crippen molar-refractivity contribution >= 4 is 11.3 Å². The normalized spacial score (nSPS) is 10.7. The summed E-state index contributed by atoms with van der Waals surface area (Å²) in [6, 6.07) is 0. The third-order valence-corrected chi connectivity index (χ3v) is 3.11. The van der Waals surface area contributed by atoms with E-state index in [1.807, 2.05) is 6.92 Å². The molecule has 74 valence electrons. The molecular weight excluding hydrogens is 184 g/mol. The Morgan fingerprint density at radius 2 is 2.23 bits per heavy atom. The van der Waals surface area contributed by atoms with Crippen LogP contribution < -0.4 is 5.73 Å². The van der Waals surface area contributed by atoms with Crippen molar-refractivity contribution in [1.82, 2.24) is 4.98 Å². The van der Waals surface area contributed by atoms with Gasteiger partial charge in [0, 0.05) is 18.4 Å². The zero-order valence-electron chi connectivity index (χ0n) is 8.17. The summed E-state index contributed by atoms with van der Waals surface area (Å²) in [6.07, 6.45) is 1.85. The minimum Gasteiger partial charge on any atom is -0.384 e. The minimum atomic E-state index is 0.701. The van der Waals surface area contributed by atoms with Gasteiger partial charge < -0.3 is 10.5 Å². The minimum absolute atomic E-state index is 0.701. The number of aryl methyl sites for hydroxylation is 1. The third kappa shape index (κ3) is 3.06. The van der Waals surface area contributed by atoms with Crippen molar-refractivity contribution in [2.45, 2.75) is 19.8 Å². The SMILES string of the molecule is COCCc1nc(C)c(CCN)s1. The van der Waals surface area contributed by atoms with Crippen LogP contribution in [0.2, 0.25) is 0 Å². The Labute approximate surface area is 82.9 Å². The summed E-state index contributed by atoms with van der Waals surface area (Å²) >= 11 is 1.75. The highest BCUT2D eigenvalue weighted by molar-refractivity contribution is 7.11. The summed E-state index contributed by atoms with van der Waals surface area (Å²) in [5.41, 5.74) is 6.62. The molecule has 1 aromatic heterocycles. The smallest absolute Gasteiger partial charge is 0.0953 e. The van der Waals surface area contributed by atoms with Crippen molar-refractivity contribution in [3.63, 3.8) is 0 Å². The molecule has 2 N–H and O–H groups in total. The molecule has 0 radical (unpaired) electrons. The van der Waals surface area contributed by atoms with Gasteiger partial charge in [0.1, 0.15) is 0 Å². The molecule has 1 aromatic rings. The van der Waals surface area contributed by atoms with Crippen molar-refractivity contribution in [3.8, 4) is 0 Å². The first-order valence-electron chi connectivity index (χ1n) is 4.42. The van der Waals surface area contributed by atoms with Crippen molar-refractivity contribution in [1.29, 1.82) is 0 Å². The Kier molecular flexibility index (Phi) is 4.35. The van der Waals surface area contributed by atoms with E-state index >= 15 is 0 Å². The predicted molar refractivity (Wildman–Crippen MR) is 55.2 cm³/mol. The number of thiazole rings is 1. The molecule has 0 bridgehead atoms. The Hall–Kier alpha value is -0.450. The van der Waals surface area contributed by atoms with Gasteiger partial charge >= 0.3 is 0 Å². The summed E-state index contributed by atoms with van der Waals surface area (Å²) in [4.78, 5) is 5.76. The average Bonchev–Trinajstić information content (AvgIpc) is 2.45. The fourth-order valence-corrected chi connectivity index (χ4v) is 2.21. The second kappa shape index (κ2) is 5.32. The van der Waals surface area contributed by atoms with Crippen LogP contribution in [0.3, 0.4) is 0 Å². The van der Waals surface area contributed by atoms with E-state index in [2.05, 4.69) is 4.98 Å². The van der Waals surface area contributed by atoms with Crippen LogP contribution in [-0.4, -0.2) is 25.2 Å². The van der Waals surface area contributed by atoms with E-state index in [0.29, 0.717) is 6.54 Å². The van der Waals surface area contributed by atoms with Gasteiger partial charge in [0.15, 0.2) is 0 Å². The van der Waals surface area contributed by atoms with Gasteiger partial charge in [-0.15, -0.1) is 11.3 Å². The predicted octanol–water partition coefficient (Wildman–Crippen LogP) is 1.14. The first-order valence-corrected chi connectivity index (χ1v) is 5.23. The zero-order valence-corrected chi connectivity index (χ0v) is 8.99. The van der Waals surface area contributed by atoms with Crippen molar-refractivity contribution in [2.75, 3.05) is 20.3 Å². The number of nitrogens with two attached hydrogens (primary N) is 1. The van der Waals surface area contributed by atoms with E-state index in [1.165, 1.54) is 4.88 Å². The number of methoxy groups -OCH3 is 1. The molecule has 0 spiro atoms. The number of nitrogens with zero attached hydrogens (tertiary/aromatic N) is 1. The van der Waals surface area contributed by atoms with Gasteiger partial charge in [0.25, 0.3) is 0 Å².